The van der Waals surface area contributed by atoms with Gasteiger partial charge in [-0.25, -0.2) is 0 Å². The van der Waals surface area contributed by atoms with Crippen LogP contribution in [-0.4, -0.2) is 12.2 Å². The van der Waals surface area contributed by atoms with E-state index in [0.717, 1.165) is 6.42 Å². The van der Waals surface area contributed by atoms with Crippen LogP contribution in [0.5, 0.6) is 0 Å². The van der Waals surface area contributed by atoms with E-state index in [2.05, 4.69) is 31.3 Å². The molecule has 2 unspecified atom stereocenters. The molecule has 2 atom stereocenters. The minimum absolute atomic E-state index is 0.260. The highest BCUT2D eigenvalue weighted by molar-refractivity contribution is 4.73. The maximum atomic E-state index is 10.3. The van der Waals surface area contributed by atoms with Crippen LogP contribution >= 0.6 is 0 Å². The summed E-state index contributed by atoms with van der Waals surface area (Å²) in [6.45, 7) is 8.37. The Labute approximate surface area is 87.6 Å². The second-order valence-electron chi connectivity index (χ2n) is 4.29. The number of nitroso groups, excluding NO2 is 1. The fraction of sp³-hybridized carbons (Fsp3) is 1.00. The van der Waals surface area contributed by atoms with E-state index in [4.69, 9.17) is 0 Å². The van der Waals surface area contributed by atoms with Gasteiger partial charge in [0.2, 0.25) is 0 Å². The number of nitrogens with one attached hydrogen (secondary N) is 1. The summed E-state index contributed by atoms with van der Waals surface area (Å²) in [6.07, 6.45) is 4.63. The predicted molar refractivity (Wildman–Crippen MR) is 61.2 cm³/mol. The molecule has 3 heteroatoms. The summed E-state index contributed by atoms with van der Waals surface area (Å²) in [5.41, 5.74) is 0. The minimum Gasteiger partial charge on any atom is -0.290 e. The molecule has 0 aromatic heterocycles. The van der Waals surface area contributed by atoms with Gasteiger partial charge in [0, 0.05) is 6.04 Å². The van der Waals surface area contributed by atoms with Crippen LogP contribution in [0.4, 0.5) is 0 Å². The van der Waals surface area contributed by atoms with Crippen molar-refractivity contribution in [2.75, 3.05) is 0 Å². The Kier molecular flexibility index (Phi) is 7.67. The van der Waals surface area contributed by atoms with Crippen LogP contribution in [0.25, 0.3) is 0 Å². The van der Waals surface area contributed by atoms with Gasteiger partial charge in [0.25, 0.3) is 0 Å². The lowest BCUT2D eigenvalue weighted by molar-refractivity contribution is 0.337. The molecule has 0 aromatic rings. The Morgan fingerprint density at radius 1 is 1.21 bits per heavy atom. The first kappa shape index (κ1) is 13.6. The Hall–Kier alpha value is -0.440. The molecule has 0 radical (unpaired) electrons. The lowest BCUT2D eigenvalue weighted by Crippen LogP contribution is -2.38. The van der Waals surface area contributed by atoms with E-state index < -0.39 is 0 Å². The van der Waals surface area contributed by atoms with Gasteiger partial charge in [0.15, 0.2) is 0 Å². The van der Waals surface area contributed by atoms with E-state index in [1.54, 1.807) is 0 Å². The quantitative estimate of drug-likeness (QED) is 0.482. The first-order valence-electron chi connectivity index (χ1n) is 5.70. The lowest BCUT2D eigenvalue weighted by atomic mass is 9.98. The molecule has 1 N–H and O–H groups in total. The van der Waals surface area contributed by atoms with Crippen molar-refractivity contribution in [1.29, 1.82) is 0 Å². The highest BCUT2D eigenvalue weighted by Crippen LogP contribution is 2.12. The van der Waals surface area contributed by atoms with Crippen molar-refractivity contribution < 1.29 is 0 Å². The molecule has 14 heavy (non-hydrogen) atoms. The van der Waals surface area contributed by atoms with Crippen LogP contribution in [0.2, 0.25) is 0 Å². The second kappa shape index (κ2) is 7.92. The molecule has 0 aromatic carbocycles. The average Bonchev–Trinajstić information content (AvgIpc) is 2.16. The van der Waals surface area contributed by atoms with Gasteiger partial charge in [-0.15, -0.1) is 4.91 Å². The standard InChI is InChI=1S/C11H24N2O/c1-5-6-7-8-11(9(2)3)12-10(4)13-14/h9-12H,5-8H2,1-4H3. The van der Waals surface area contributed by atoms with E-state index in [0.29, 0.717) is 12.0 Å². The molecular weight excluding hydrogens is 176 g/mol. The van der Waals surface area contributed by atoms with Crippen molar-refractivity contribution in [2.45, 2.75) is 65.6 Å². The van der Waals surface area contributed by atoms with Gasteiger partial charge in [0.05, 0.1) is 0 Å². The SMILES string of the molecule is CCCCCC(NC(C)N=O)C(C)C. The summed E-state index contributed by atoms with van der Waals surface area (Å²) in [6, 6.07) is 0.425. The normalized spacial score (nSPS) is 15.5. The summed E-state index contributed by atoms with van der Waals surface area (Å²) in [5, 5.41) is 6.22. The van der Waals surface area contributed by atoms with Gasteiger partial charge in [-0.05, 0) is 19.3 Å². The molecule has 0 saturated heterocycles. The maximum Gasteiger partial charge on any atom is 0.139 e. The van der Waals surface area contributed by atoms with Crippen molar-refractivity contribution >= 4 is 0 Å². The highest BCUT2D eigenvalue weighted by atomic mass is 16.3. The minimum atomic E-state index is -0.260. The maximum absolute atomic E-state index is 10.3. The Morgan fingerprint density at radius 2 is 1.86 bits per heavy atom. The number of hydrogen-bond donors (Lipinski definition) is 1. The van der Waals surface area contributed by atoms with Gasteiger partial charge in [-0.2, -0.15) is 0 Å². The summed E-state index contributed by atoms with van der Waals surface area (Å²) in [5.74, 6) is 0.566. The Bertz CT molecular complexity index is 148. The van der Waals surface area contributed by atoms with Crippen molar-refractivity contribution in [3.63, 3.8) is 0 Å². The number of nitrogens with zero attached hydrogens (tertiary/aromatic N) is 1. The Morgan fingerprint density at radius 3 is 2.29 bits per heavy atom. The predicted octanol–water partition coefficient (Wildman–Crippen LogP) is 3.29. The summed E-state index contributed by atoms with van der Waals surface area (Å²) >= 11 is 0. The second-order valence-corrected chi connectivity index (χ2v) is 4.29. The smallest absolute Gasteiger partial charge is 0.139 e. The summed E-state index contributed by atoms with van der Waals surface area (Å²) in [4.78, 5) is 10.3. The fourth-order valence-electron chi connectivity index (χ4n) is 1.56. The van der Waals surface area contributed by atoms with E-state index >= 15 is 0 Å². The van der Waals surface area contributed by atoms with Crippen LogP contribution in [0, 0.1) is 10.8 Å². The van der Waals surface area contributed by atoms with Crippen molar-refractivity contribution in [1.82, 2.24) is 5.32 Å². The molecule has 84 valence electrons. The monoisotopic (exact) mass is 200 g/mol. The molecule has 3 nitrogen and oxygen atoms in total. The molecule has 0 saturated carbocycles. The number of hydrogen-bond acceptors (Lipinski definition) is 3. The van der Waals surface area contributed by atoms with Crippen LogP contribution in [-0.2, 0) is 0 Å². The van der Waals surface area contributed by atoms with Crippen LogP contribution in [0.1, 0.15) is 53.4 Å². The van der Waals surface area contributed by atoms with Crippen molar-refractivity contribution in [3.05, 3.63) is 4.91 Å². The van der Waals surface area contributed by atoms with E-state index in [1.807, 2.05) is 6.92 Å². The van der Waals surface area contributed by atoms with E-state index in [-0.39, 0.29) is 6.17 Å². The van der Waals surface area contributed by atoms with E-state index in [1.165, 1.54) is 19.3 Å². The van der Waals surface area contributed by atoms with Gasteiger partial charge >= 0.3 is 0 Å². The molecule has 0 fully saturated rings. The van der Waals surface area contributed by atoms with Gasteiger partial charge in [-0.3, -0.25) is 5.32 Å². The van der Waals surface area contributed by atoms with Crippen molar-refractivity contribution in [3.8, 4) is 0 Å². The van der Waals surface area contributed by atoms with Gasteiger partial charge < -0.3 is 0 Å². The van der Waals surface area contributed by atoms with Gasteiger partial charge in [-0.1, -0.05) is 45.2 Å². The molecule has 0 aliphatic heterocycles. The summed E-state index contributed by atoms with van der Waals surface area (Å²) in [7, 11) is 0. The summed E-state index contributed by atoms with van der Waals surface area (Å²) < 4.78 is 0. The van der Waals surface area contributed by atoms with Gasteiger partial charge in [0.1, 0.15) is 6.17 Å². The first-order chi connectivity index (χ1) is 6.61. The molecule has 0 aliphatic rings. The van der Waals surface area contributed by atoms with Crippen LogP contribution in [0.15, 0.2) is 5.18 Å². The number of rotatable bonds is 8. The third kappa shape index (κ3) is 6.08. The average molecular weight is 200 g/mol. The third-order valence-electron chi connectivity index (χ3n) is 2.54. The first-order valence-corrected chi connectivity index (χ1v) is 5.70. The zero-order chi connectivity index (χ0) is 11.0. The zero-order valence-electron chi connectivity index (χ0n) is 9.92. The third-order valence-corrected chi connectivity index (χ3v) is 2.54. The van der Waals surface area contributed by atoms with Crippen molar-refractivity contribution in [2.24, 2.45) is 11.1 Å². The largest absolute Gasteiger partial charge is 0.290 e. The molecule has 0 heterocycles. The highest BCUT2D eigenvalue weighted by Gasteiger charge is 2.15. The number of unbranched alkanes of at least 4 members (excludes halogenated alkanes) is 2. The topological polar surface area (TPSA) is 41.5 Å². The van der Waals surface area contributed by atoms with Crippen LogP contribution in [0.3, 0.4) is 0 Å². The lowest BCUT2D eigenvalue weighted by Gasteiger charge is -2.23. The Balaban J connectivity index is 3.83. The zero-order valence-corrected chi connectivity index (χ0v) is 9.92. The molecule has 0 aliphatic carbocycles. The van der Waals surface area contributed by atoms with E-state index in [9.17, 15) is 4.91 Å². The molecule has 0 amide bonds. The fourth-order valence-corrected chi connectivity index (χ4v) is 1.56. The molecule has 0 spiro atoms. The molecular formula is C11H24N2O. The molecule has 0 bridgehead atoms. The molecule has 0 rings (SSSR count). The van der Waals surface area contributed by atoms with Crippen LogP contribution < -0.4 is 5.32 Å².